The number of aliphatic imine (C=N–C) groups is 1. The average molecular weight is 500 g/mol. The van der Waals surface area contributed by atoms with E-state index in [1.807, 2.05) is 6.92 Å². The molecule has 0 aliphatic carbocycles. The molecule has 1 heterocycles. The third kappa shape index (κ3) is 6.60. The number of carbonyl (C=O) groups excluding carboxylic acids is 2. The molecule has 0 spiro atoms. The van der Waals surface area contributed by atoms with Crippen molar-refractivity contribution in [3.05, 3.63) is 62.0 Å². The number of thioether (sulfide) groups is 1. The molecule has 1 saturated heterocycles. The molecule has 1 fully saturated rings. The van der Waals surface area contributed by atoms with Gasteiger partial charge in [0.05, 0.1) is 28.7 Å². The first kappa shape index (κ1) is 25.8. The van der Waals surface area contributed by atoms with Crippen LogP contribution in [-0.4, -0.2) is 41.8 Å². The number of nitrogens with zero attached hydrogens (tertiary/aromatic N) is 2. The minimum atomic E-state index is -0.485. The van der Waals surface area contributed by atoms with Crippen LogP contribution in [0.5, 0.6) is 11.5 Å². The molecule has 35 heavy (non-hydrogen) atoms. The van der Waals surface area contributed by atoms with E-state index < -0.39 is 10.9 Å². The number of nitrogens with one attached hydrogen (secondary N) is 1. The van der Waals surface area contributed by atoms with Gasteiger partial charge in [-0.05, 0) is 74.9 Å². The highest BCUT2D eigenvalue weighted by atomic mass is 32.2. The molecule has 0 radical (unpaired) electrons. The standard InChI is InChI=1S/C24H25N3O7S/c1-5-32-20-10-16(7-8-19(20)34-13-22(28)33-6-2)11-21-23(29)26-24(35-21)25-17-9-14(3)15(4)18(12-17)27(30)31/h7-12H,5-6,13H2,1-4H3,(H,25,26,29)/b21-11-. The van der Waals surface area contributed by atoms with Crippen molar-refractivity contribution >= 4 is 46.3 Å². The summed E-state index contributed by atoms with van der Waals surface area (Å²) >= 11 is 1.12. The highest BCUT2D eigenvalue weighted by Gasteiger charge is 2.25. The van der Waals surface area contributed by atoms with E-state index in [2.05, 4.69) is 10.3 Å². The number of carbonyl (C=O) groups is 2. The van der Waals surface area contributed by atoms with Crippen molar-refractivity contribution in [2.24, 2.45) is 4.99 Å². The van der Waals surface area contributed by atoms with Gasteiger partial charge in [0, 0.05) is 11.6 Å². The van der Waals surface area contributed by atoms with Gasteiger partial charge in [-0.25, -0.2) is 9.79 Å². The van der Waals surface area contributed by atoms with Crippen molar-refractivity contribution in [3.8, 4) is 11.5 Å². The van der Waals surface area contributed by atoms with E-state index in [0.29, 0.717) is 45.0 Å². The molecular weight excluding hydrogens is 474 g/mol. The Kier molecular flexibility index (Phi) is 8.48. The number of nitro benzene ring substituents is 1. The summed E-state index contributed by atoms with van der Waals surface area (Å²) in [5, 5.41) is 14.3. The highest BCUT2D eigenvalue weighted by Crippen LogP contribution is 2.34. The van der Waals surface area contributed by atoms with Gasteiger partial charge >= 0.3 is 5.97 Å². The van der Waals surface area contributed by atoms with E-state index in [1.165, 1.54) is 6.07 Å². The molecule has 2 aromatic carbocycles. The molecule has 3 rings (SSSR count). The van der Waals surface area contributed by atoms with Crippen LogP contribution in [0.15, 0.2) is 40.2 Å². The molecule has 0 bridgehead atoms. The van der Waals surface area contributed by atoms with Gasteiger partial charge in [-0.3, -0.25) is 14.9 Å². The number of amides is 1. The molecule has 1 aliphatic heterocycles. The number of benzene rings is 2. The summed E-state index contributed by atoms with van der Waals surface area (Å²) in [6.45, 7) is 7.38. The monoisotopic (exact) mass is 499 g/mol. The molecule has 0 atom stereocenters. The van der Waals surface area contributed by atoms with Gasteiger partial charge in [0.15, 0.2) is 23.3 Å². The molecule has 0 unspecified atom stereocenters. The van der Waals surface area contributed by atoms with Crippen LogP contribution < -0.4 is 14.8 Å². The SMILES string of the molecule is CCOC(=O)COc1ccc(/C=C2\SC(=Nc3cc(C)c(C)c([N+](=O)[O-])c3)NC2=O)cc1OCC. The van der Waals surface area contributed by atoms with Crippen LogP contribution in [0.25, 0.3) is 6.08 Å². The molecule has 1 N–H and O–H groups in total. The lowest BCUT2D eigenvalue weighted by Crippen LogP contribution is -2.19. The van der Waals surface area contributed by atoms with Crippen LogP contribution in [-0.2, 0) is 14.3 Å². The lowest BCUT2D eigenvalue weighted by Gasteiger charge is -2.12. The Balaban J connectivity index is 1.81. The van der Waals surface area contributed by atoms with Crippen molar-refractivity contribution in [1.82, 2.24) is 5.32 Å². The van der Waals surface area contributed by atoms with E-state index in [9.17, 15) is 19.7 Å². The maximum atomic E-state index is 12.5. The fraction of sp³-hybridized carbons (Fsp3) is 0.292. The predicted octanol–water partition coefficient (Wildman–Crippen LogP) is 4.44. The Morgan fingerprint density at radius 2 is 1.91 bits per heavy atom. The number of ether oxygens (including phenoxy) is 3. The second-order valence-electron chi connectivity index (χ2n) is 7.38. The number of esters is 1. The first-order valence-electron chi connectivity index (χ1n) is 10.8. The maximum absolute atomic E-state index is 12.5. The topological polar surface area (TPSA) is 129 Å². The zero-order valence-corrected chi connectivity index (χ0v) is 20.6. The molecule has 2 aromatic rings. The summed E-state index contributed by atoms with van der Waals surface area (Å²) in [6, 6.07) is 8.19. The van der Waals surface area contributed by atoms with Crippen molar-refractivity contribution < 1.29 is 28.7 Å². The second-order valence-corrected chi connectivity index (χ2v) is 8.41. The van der Waals surface area contributed by atoms with Crippen LogP contribution in [0.3, 0.4) is 0 Å². The van der Waals surface area contributed by atoms with Crippen molar-refractivity contribution in [2.45, 2.75) is 27.7 Å². The van der Waals surface area contributed by atoms with E-state index in [0.717, 1.165) is 17.3 Å². The predicted molar refractivity (Wildman–Crippen MR) is 133 cm³/mol. The molecule has 184 valence electrons. The molecular formula is C24H25N3O7S. The second kappa shape index (κ2) is 11.5. The molecule has 1 amide bonds. The average Bonchev–Trinajstić information content (AvgIpc) is 3.14. The van der Waals surface area contributed by atoms with Gasteiger partial charge in [0.25, 0.3) is 11.6 Å². The Morgan fingerprint density at radius 1 is 1.14 bits per heavy atom. The van der Waals surface area contributed by atoms with Crippen molar-refractivity contribution in [1.29, 1.82) is 0 Å². The smallest absolute Gasteiger partial charge is 0.344 e. The van der Waals surface area contributed by atoms with Gasteiger partial charge < -0.3 is 19.5 Å². The summed E-state index contributed by atoms with van der Waals surface area (Å²) in [4.78, 5) is 39.7. The fourth-order valence-electron chi connectivity index (χ4n) is 3.17. The summed E-state index contributed by atoms with van der Waals surface area (Å²) in [5.74, 6) is -0.0242. The molecule has 11 heteroatoms. The third-order valence-electron chi connectivity index (χ3n) is 4.92. The first-order chi connectivity index (χ1) is 16.7. The molecule has 0 aromatic heterocycles. The molecule has 10 nitrogen and oxygen atoms in total. The van der Waals surface area contributed by atoms with Gasteiger partial charge in [-0.15, -0.1) is 0 Å². The van der Waals surface area contributed by atoms with Gasteiger partial charge in [0.1, 0.15) is 0 Å². The van der Waals surface area contributed by atoms with Gasteiger partial charge in [-0.2, -0.15) is 0 Å². The Morgan fingerprint density at radius 3 is 2.60 bits per heavy atom. The van der Waals surface area contributed by atoms with Crippen LogP contribution in [0.2, 0.25) is 0 Å². The van der Waals surface area contributed by atoms with E-state index >= 15 is 0 Å². The zero-order chi connectivity index (χ0) is 25.5. The quantitative estimate of drug-likeness (QED) is 0.232. The van der Waals surface area contributed by atoms with E-state index in [1.54, 1.807) is 51.1 Å². The normalized spacial score (nSPS) is 15.3. The van der Waals surface area contributed by atoms with Crippen LogP contribution in [0.4, 0.5) is 11.4 Å². The summed E-state index contributed by atoms with van der Waals surface area (Å²) in [6.07, 6.45) is 1.67. The van der Waals surface area contributed by atoms with Gasteiger partial charge in [-0.1, -0.05) is 6.07 Å². The number of aryl methyl sites for hydroxylation is 1. The number of hydrogen-bond donors (Lipinski definition) is 1. The number of amidine groups is 1. The zero-order valence-electron chi connectivity index (χ0n) is 19.7. The Bertz CT molecular complexity index is 1220. The summed E-state index contributed by atoms with van der Waals surface area (Å²) < 4.78 is 16.0. The lowest BCUT2D eigenvalue weighted by atomic mass is 10.1. The Hall–Kier alpha value is -3.86. The van der Waals surface area contributed by atoms with Gasteiger partial charge in [0.2, 0.25) is 0 Å². The van der Waals surface area contributed by atoms with E-state index in [-0.39, 0.29) is 24.8 Å². The van der Waals surface area contributed by atoms with E-state index in [4.69, 9.17) is 14.2 Å². The van der Waals surface area contributed by atoms with Crippen molar-refractivity contribution in [3.63, 3.8) is 0 Å². The number of hydrogen-bond acceptors (Lipinski definition) is 9. The lowest BCUT2D eigenvalue weighted by molar-refractivity contribution is -0.385. The highest BCUT2D eigenvalue weighted by molar-refractivity contribution is 8.18. The fourth-order valence-corrected chi connectivity index (χ4v) is 4.01. The minimum absolute atomic E-state index is 0.0249. The van der Waals surface area contributed by atoms with Crippen LogP contribution in [0.1, 0.15) is 30.5 Å². The van der Waals surface area contributed by atoms with Crippen LogP contribution in [0, 0.1) is 24.0 Å². The third-order valence-corrected chi connectivity index (χ3v) is 5.83. The summed E-state index contributed by atoms with van der Waals surface area (Å²) in [5.41, 5.74) is 2.34. The Labute approximate surface area is 206 Å². The number of nitro groups is 1. The maximum Gasteiger partial charge on any atom is 0.344 e. The summed E-state index contributed by atoms with van der Waals surface area (Å²) in [7, 11) is 0. The molecule has 0 saturated carbocycles. The first-order valence-corrected chi connectivity index (χ1v) is 11.6. The largest absolute Gasteiger partial charge is 0.490 e. The number of rotatable bonds is 9. The van der Waals surface area contributed by atoms with Crippen molar-refractivity contribution in [2.75, 3.05) is 19.8 Å². The minimum Gasteiger partial charge on any atom is -0.490 e. The van der Waals surface area contributed by atoms with Crippen LogP contribution >= 0.6 is 11.8 Å². The molecule has 1 aliphatic rings.